The number of aromatic nitrogens is 1. The molecule has 156 valence electrons. The van der Waals surface area contributed by atoms with Crippen molar-refractivity contribution in [2.45, 2.75) is 38.6 Å². The molecule has 30 heavy (non-hydrogen) atoms. The number of carbonyl (C=O) groups excluding carboxylic acids is 2. The molecular weight excluding hydrogens is 398 g/mol. The fourth-order valence-electron chi connectivity index (χ4n) is 3.71. The maximum absolute atomic E-state index is 12.8. The Morgan fingerprint density at radius 1 is 1.23 bits per heavy atom. The molecule has 1 fully saturated rings. The van der Waals surface area contributed by atoms with E-state index in [1.54, 1.807) is 4.90 Å². The van der Waals surface area contributed by atoms with E-state index in [4.69, 9.17) is 4.74 Å². The van der Waals surface area contributed by atoms with Gasteiger partial charge in [0.25, 0.3) is 0 Å². The van der Waals surface area contributed by atoms with Crippen LogP contribution >= 0.6 is 11.3 Å². The van der Waals surface area contributed by atoms with Crippen molar-refractivity contribution in [2.75, 3.05) is 18.5 Å². The minimum absolute atomic E-state index is 0.00444. The predicted octanol–water partition coefficient (Wildman–Crippen LogP) is 4.39. The first-order valence-electron chi connectivity index (χ1n) is 10.3. The Hall–Kier alpha value is -2.93. The fraction of sp³-hybridized carbons (Fsp3) is 0.348. The molecule has 0 aliphatic carbocycles. The van der Waals surface area contributed by atoms with Gasteiger partial charge in [0.05, 0.1) is 16.8 Å². The zero-order valence-electron chi connectivity index (χ0n) is 17.0. The number of para-hydroxylation sites is 1. The summed E-state index contributed by atoms with van der Waals surface area (Å²) in [6.45, 7) is 3.12. The topological polar surface area (TPSA) is 71.5 Å². The molecule has 2 amide bonds. The van der Waals surface area contributed by atoms with Crippen molar-refractivity contribution < 1.29 is 14.3 Å². The van der Waals surface area contributed by atoms with E-state index in [1.807, 2.05) is 55.5 Å². The van der Waals surface area contributed by atoms with Gasteiger partial charge in [-0.2, -0.15) is 0 Å². The lowest BCUT2D eigenvalue weighted by Crippen LogP contribution is -2.43. The molecule has 0 saturated carbocycles. The van der Waals surface area contributed by atoms with E-state index in [2.05, 4.69) is 10.3 Å². The molecule has 0 radical (unpaired) electrons. The van der Waals surface area contributed by atoms with Gasteiger partial charge >= 0.3 is 0 Å². The average molecular weight is 424 g/mol. The number of thiazole rings is 1. The third-order valence-corrected chi connectivity index (χ3v) is 6.14. The smallest absolute Gasteiger partial charge is 0.248 e. The van der Waals surface area contributed by atoms with Crippen LogP contribution in [0.4, 0.5) is 5.13 Å². The van der Waals surface area contributed by atoms with Crippen molar-refractivity contribution in [3.05, 3.63) is 54.1 Å². The van der Waals surface area contributed by atoms with Gasteiger partial charge in [0.1, 0.15) is 11.8 Å². The zero-order valence-corrected chi connectivity index (χ0v) is 17.8. The van der Waals surface area contributed by atoms with Gasteiger partial charge in [-0.3, -0.25) is 9.59 Å². The lowest BCUT2D eigenvalue weighted by Gasteiger charge is -2.23. The molecule has 1 aromatic heterocycles. The maximum Gasteiger partial charge on any atom is 0.248 e. The molecule has 2 aromatic carbocycles. The van der Waals surface area contributed by atoms with Crippen molar-refractivity contribution in [3.8, 4) is 5.75 Å². The Morgan fingerprint density at radius 3 is 2.93 bits per heavy atom. The molecule has 1 aliphatic heterocycles. The van der Waals surface area contributed by atoms with Crippen LogP contribution in [-0.2, 0) is 9.59 Å². The number of fused-ring (bicyclic) bond motifs is 1. The Balaban J connectivity index is 1.28. The lowest BCUT2D eigenvalue weighted by atomic mass is 10.2. The van der Waals surface area contributed by atoms with Crippen LogP contribution in [0.5, 0.6) is 5.75 Å². The van der Waals surface area contributed by atoms with Crippen molar-refractivity contribution in [3.63, 3.8) is 0 Å². The van der Waals surface area contributed by atoms with E-state index < -0.39 is 6.04 Å². The number of nitrogens with one attached hydrogen (secondary N) is 1. The number of likely N-dealkylation sites (tertiary alicyclic amines) is 1. The predicted molar refractivity (Wildman–Crippen MR) is 119 cm³/mol. The highest BCUT2D eigenvalue weighted by Crippen LogP contribution is 2.27. The molecule has 1 atom stereocenters. The van der Waals surface area contributed by atoms with Gasteiger partial charge in [0, 0.05) is 13.0 Å². The normalized spacial score (nSPS) is 16.0. The third-order valence-electron chi connectivity index (χ3n) is 5.19. The van der Waals surface area contributed by atoms with Crippen LogP contribution in [0.3, 0.4) is 0 Å². The zero-order chi connectivity index (χ0) is 20.9. The lowest BCUT2D eigenvalue weighted by molar-refractivity contribution is -0.136. The van der Waals surface area contributed by atoms with Crippen molar-refractivity contribution in [1.29, 1.82) is 0 Å². The minimum atomic E-state index is -0.429. The molecule has 3 aromatic rings. The van der Waals surface area contributed by atoms with Gasteiger partial charge in [-0.05, 0) is 56.0 Å². The van der Waals surface area contributed by atoms with Crippen molar-refractivity contribution in [2.24, 2.45) is 0 Å². The molecule has 1 aliphatic rings. The number of hydrogen-bond acceptors (Lipinski definition) is 5. The summed E-state index contributed by atoms with van der Waals surface area (Å²) in [4.78, 5) is 31.6. The number of nitrogens with zero attached hydrogens (tertiary/aromatic N) is 2. The number of anilines is 1. The Bertz CT molecular complexity index is 1020. The number of amides is 2. The minimum Gasteiger partial charge on any atom is -0.494 e. The summed E-state index contributed by atoms with van der Waals surface area (Å²) in [6.07, 6.45) is 2.51. The van der Waals surface area contributed by atoms with E-state index in [0.717, 1.165) is 28.0 Å². The molecule has 1 N–H and O–H groups in total. The molecule has 6 nitrogen and oxygen atoms in total. The van der Waals surface area contributed by atoms with Gasteiger partial charge in [-0.1, -0.05) is 35.6 Å². The molecule has 0 bridgehead atoms. The molecule has 7 heteroatoms. The summed E-state index contributed by atoms with van der Waals surface area (Å²) in [5, 5.41) is 3.48. The summed E-state index contributed by atoms with van der Waals surface area (Å²) < 4.78 is 6.75. The van der Waals surface area contributed by atoms with Gasteiger partial charge in [0.15, 0.2) is 5.13 Å². The van der Waals surface area contributed by atoms with Crippen molar-refractivity contribution >= 4 is 38.5 Å². The first kappa shape index (κ1) is 20.3. The number of ether oxygens (including phenoxy) is 1. The summed E-state index contributed by atoms with van der Waals surface area (Å²) >= 11 is 1.45. The Morgan fingerprint density at radius 2 is 2.10 bits per heavy atom. The van der Waals surface area contributed by atoms with Crippen LogP contribution in [0, 0.1) is 6.92 Å². The van der Waals surface area contributed by atoms with Gasteiger partial charge in [0.2, 0.25) is 11.8 Å². The Kier molecular flexibility index (Phi) is 6.28. The average Bonchev–Trinajstić information content (AvgIpc) is 3.37. The third kappa shape index (κ3) is 4.79. The monoisotopic (exact) mass is 423 g/mol. The number of carbonyl (C=O) groups is 2. The molecule has 1 saturated heterocycles. The highest BCUT2D eigenvalue weighted by Gasteiger charge is 2.34. The summed E-state index contributed by atoms with van der Waals surface area (Å²) in [7, 11) is 0. The standard InChI is InChI=1S/C23H25N3O3S/c1-16-7-4-8-17(15-16)29-14-6-12-21(27)26-13-5-10-19(26)22(28)25-23-24-18-9-2-3-11-20(18)30-23/h2-4,7-9,11,15,19H,5-6,10,12-14H2,1H3,(H,24,25,28)/t19-/m0/s1. The van der Waals surface area contributed by atoms with Crippen molar-refractivity contribution in [1.82, 2.24) is 9.88 Å². The number of rotatable bonds is 7. The fourth-order valence-corrected chi connectivity index (χ4v) is 4.58. The first-order valence-corrected chi connectivity index (χ1v) is 11.1. The second kappa shape index (κ2) is 9.26. The second-order valence-corrected chi connectivity index (χ2v) is 8.52. The maximum atomic E-state index is 12.8. The summed E-state index contributed by atoms with van der Waals surface area (Å²) in [6, 6.07) is 15.2. The van der Waals surface area contributed by atoms with E-state index in [9.17, 15) is 9.59 Å². The highest BCUT2D eigenvalue weighted by atomic mass is 32.1. The van der Waals surface area contributed by atoms with E-state index >= 15 is 0 Å². The van der Waals surface area contributed by atoms with Crippen LogP contribution in [0.15, 0.2) is 48.5 Å². The molecule has 4 rings (SSSR count). The van der Waals surface area contributed by atoms with E-state index in [0.29, 0.717) is 37.5 Å². The number of hydrogen-bond donors (Lipinski definition) is 1. The van der Waals surface area contributed by atoms with Crippen LogP contribution in [0.2, 0.25) is 0 Å². The van der Waals surface area contributed by atoms with Gasteiger partial charge < -0.3 is 15.0 Å². The highest BCUT2D eigenvalue weighted by molar-refractivity contribution is 7.22. The Labute approximate surface area is 179 Å². The van der Waals surface area contributed by atoms with Crippen LogP contribution in [0.25, 0.3) is 10.2 Å². The molecular formula is C23H25N3O3S. The molecule has 0 unspecified atom stereocenters. The van der Waals surface area contributed by atoms with Crippen LogP contribution in [0.1, 0.15) is 31.2 Å². The summed E-state index contributed by atoms with van der Waals surface area (Å²) in [5.41, 5.74) is 2.01. The molecule has 2 heterocycles. The second-order valence-electron chi connectivity index (χ2n) is 7.49. The van der Waals surface area contributed by atoms with Crippen LogP contribution in [-0.4, -0.2) is 40.9 Å². The quantitative estimate of drug-likeness (QED) is 0.572. The molecule has 0 spiro atoms. The van der Waals surface area contributed by atoms with Gasteiger partial charge in [-0.15, -0.1) is 0 Å². The number of benzene rings is 2. The SMILES string of the molecule is Cc1cccc(OCCCC(=O)N2CCC[C@H]2C(=O)Nc2nc3ccccc3s2)c1. The number of aryl methyl sites for hydroxylation is 1. The summed E-state index contributed by atoms with van der Waals surface area (Å²) in [5.74, 6) is 0.664. The van der Waals surface area contributed by atoms with E-state index in [1.165, 1.54) is 11.3 Å². The van der Waals surface area contributed by atoms with Gasteiger partial charge in [-0.25, -0.2) is 4.98 Å². The first-order chi connectivity index (χ1) is 14.6. The van der Waals surface area contributed by atoms with E-state index in [-0.39, 0.29) is 11.8 Å². The largest absolute Gasteiger partial charge is 0.494 e. The van der Waals surface area contributed by atoms with Crippen LogP contribution < -0.4 is 10.1 Å².